The van der Waals surface area contributed by atoms with E-state index in [9.17, 15) is 8.42 Å². The zero-order valence-electron chi connectivity index (χ0n) is 11.6. The summed E-state index contributed by atoms with van der Waals surface area (Å²) in [5.41, 5.74) is 8.89. The van der Waals surface area contributed by atoms with Crippen LogP contribution in [0.5, 0.6) is 0 Å². The highest BCUT2D eigenvalue weighted by Crippen LogP contribution is 2.23. The SMILES string of the molecule is NCc1ccc(S(=O)(=O)NC2Cc3ccccc3C2)cc1. The summed E-state index contributed by atoms with van der Waals surface area (Å²) in [4.78, 5) is 0.288. The molecule has 5 heteroatoms. The van der Waals surface area contributed by atoms with E-state index in [0.29, 0.717) is 6.54 Å². The van der Waals surface area contributed by atoms with E-state index in [0.717, 1.165) is 18.4 Å². The lowest BCUT2D eigenvalue weighted by atomic mass is 10.1. The zero-order valence-corrected chi connectivity index (χ0v) is 12.4. The van der Waals surface area contributed by atoms with Gasteiger partial charge in [-0.05, 0) is 41.7 Å². The lowest BCUT2D eigenvalue weighted by Gasteiger charge is -2.13. The van der Waals surface area contributed by atoms with Crippen molar-refractivity contribution >= 4 is 10.0 Å². The van der Waals surface area contributed by atoms with Gasteiger partial charge in [-0.3, -0.25) is 0 Å². The topological polar surface area (TPSA) is 72.2 Å². The number of nitrogens with one attached hydrogen (secondary N) is 1. The molecule has 0 spiro atoms. The van der Waals surface area contributed by atoms with Gasteiger partial charge in [0.1, 0.15) is 0 Å². The van der Waals surface area contributed by atoms with Crippen LogP contribution in [0.1, 0.15) is 16.7 Å². The Labute approximate surface area is 125 Å². The van der Waals surface area contributed by atoms with Crippen LogP contribution in [0.15, 0.2) is 53.4 Å². The van der Waals surface area contributed by atoms with Gasteiger partial charge in [0.05, 0.1) is 4.90 Å². The monoisotopic (exact) mass is 302 g/mol. The van der Waals surface area contributed by atoms with Gasteiger partial charge < -0.3 is 5.73 Å². The summed E-state index contributed by atoms with van der Waals surface area (Å²) < 4.78 is 27.6. The van der Waals surface area contributed by atoms with E-state index in [1.54, 1.807) is 24.3 Å². The number of nitrogens with two attached hydrogens (primary N) is 1. The molecule has 0 atom stereocenters. The molecule has 2 aromatic rings. The average molecular weight is 302 g/mol. The van der Waals surface area contributed by atoms with E-state index in [1.807, 2.05) is 12.1 Å². The van der Waals surface area contributed by atoms with Gasteiger partial charge in [-0.1, -0.05) is 36.4 Å². The number of sulfonamides is 1. The number of benzene rings is 2. The Morgan fingerprint density at radius 1 is 1.00 bits per heavy atom. The molecule has 21 heavy (non-hydrogen) atoms. The number of fused-ring (bicyclic) bond motifs is 1. The minimum atomic E-state index is -3.48. The largest absolute Gasteiger partial charge is 0.326 e. The molecule has 3 rings (SSSR count). The van der Waals surface area contributed by atoms with Crippen LogP contribution < -0.4 is 10.5 Å². The Bertz CT molecular complexity index is 714. The van der Waals surface area contributed by atoms with Gasteiger partial charge >= 0.3 is 0 Å². The van der Waals surface area contributed by atoms with Crippen LogP contribution >= 0.6 is 0 Å². The first-order valence-electron chi connectivity index (χ1n) is 6.96. The number of hydrogen-bond donors (Lipinski definition) is 2. The first-order valence-corrected chi connectivity index (χ1v) is 8.45. The summed E-state index contributed by atoms with van der Waals surface area (Å²) in [6.07, 6.45) is 1.49. The van der Waals surface area contributed by atoms with Crippen molar-refractivity contribution in [3.8, 4) is 0 Å². The maximum atomic E-state index is 12.4. The second kappa shape index (κ2) is 5.60. The number of rotatable bonds is 4. The molecule has 0 aliphatic heterocycles. The lowest BCUT2D eigenvalue weighted by molar-refractivity contribution is 0.555. The van der Waals surface area contributed by atoms with E-state index < -0.39 is 10.0 Å². The zero-order chi connectivity index (χ0) is 14.9. The molecule has 1 aliphatic rings. The Morgan fingerprint density at radius 2 is 1.57 bits per heavy atom. The molecular formula is C16H18N2O2S. The Kier molecular flexibility index (Phi) is 3.80. The summed E-state index contributed by atoms with van der Waals surface area (Å²) in [6, 6.07) is 14.7. The van der Waals surface area contributed by atoms with Crippen molar-refractivity contribution in [2.24, 2.45) is 5.73 Å². The van der Waals surface area contributed by atoms with Crippen LogP contribution in [-0.4, -0.2) is 14.5 Å². The average Bonchev–Trinajstić information content (AvgIpc) is 2.88. The van der Waals surface area contributed by atoms with Crippen molar-refractivity contribution in [1.29, 1.82) is 0 Å². The third-order valence-electron chi connectivity index (χ3n) is 3.84. The van der Waals surface area contributed by atoms with Crippen LogP contribution in [-0.2, 0) is 29.4 Å². The molecule has 0 radical (unpaired) electrons. The molecule has 0 unspecified atom stereocenters. The molecule has 0 fully saturated rings. The summed E-state index contributed by atoms with van der Waals surface area (Å²) >= 11 is 0. The van der Waals surface area contributed by atoms with Crippen molar-refractivity contribution < 1.29 is 8.42 Å². The minimum Gasteiger partial charge on any atom is -0.326 e. The standard InChI is InChI=1S/C16H18N2O2S/c17-11-12-5-7-16(8-6-12)21(19,20)18-15-9-13-3-1-2-4-14(13)10-15/h1-8,15,18H,9-11,17H2. The van der Waals surface area contributed by atoms with Crippen molar-refractivity contribution in [2.45, 2.75) is 30.3 Å². The van der Waals surface area contributed by atoms with Gasteiger partial charge in [-0.25, -0.2) is 13.1 Å². The summed E-state index contributed by atoms with van der Waals surface area (Å²) in [5.74, 6) is 0. The first kappa shape index (κ1) is 14.3. The normalized spacial score (nSPS) is 15.1. The molecule has 2 aromatic carbocycles. The summed E-state index contributed by atoms with van der Waals surface area (Å²) in [7, 11) is -3.48. The number of hydrogen-bond acceptors (Lipinski definition) is 3. The summed E-state index contributed by atoms with van der Waals surface area (Å²) in [5, 5.41) is 0. The van der Waals surface area contributed by atoms with Gasteiger partial charge in [-0.15, -0.1) is 0 Å². The predicted molar refractivity (Wildman–Crippen MR) is 82.3 cm³/mol. The van der Waals surface area contributed by atoms with Crippen LogP contribution in [0, 0.1) is 0 Å². The third-order valence-corrected chi connectivity index (χ3v) is 5.38. The maximum Gasteiger partial charge on any atom is 0.240 e. The molecule has 0 aromatic heterocycles. The van der Waals surface area contributed by atoms with Crippen LogP contribution in [0.3, 0.4) is 0 Å². The van der Waals surface area contributed by atoms with Gasteiger partial charge in [0.15, 0.2) is 0 Å². The minimum absolute atomic E-state index is 0.0680. The van der Waals surface area contributed by atoms with Crippen LogP contribution in [0.25, 0.3) is 0 Å². The van der Waals surface area contributed by atoms with Crippen LogP contribution in [0.2, 0.25) is 0 Å². The van der Waals surface area contributed by atoms with Gasteiger partial charge in [0.2, 0.25) is 10.0 Å². The predicted octanol–water partition coefficient (Wildman–Crippen LogP) is 1.59. The third kappa shape index (κ3) is 3.00. The second-order valence-corrected chi connectivity index (χ2v) is 7.06. The second-order valence-electron chi connectivity index (χ2n) is 5.34. The maximum absolute atomic E-state index is 12.4. The molecule has 0 bridgehead atoms. The first-order chi connectivity index (χ1) is 10.1. The molecule has 4 nitrogen and oxygen atoms in total. The van der Waals surface area contributed by atoms with E-state index >= 15 is 0 Å². The van der Waals surface area contributed by atoms with Crippen molar-refractivity contribution in [3.05, 3.63) is 65.2 Å². The summed E-state index contributed by atoms with van der Waals surface area (Å²) in [6.45, 7) is 0.408. The molecular weight excluding hydrogens is 284 g/mol. The molecule has 0 saturated carbocycles. The quantitative estimate of drug-likeness (QED) is 0.901. The fourth-order valence-electron chi connectivity index (χ4n) is 2.73. The highest BCUT2D eigenvalue weighted by Gasteiger charge is 2.26. The Balaban J connectivity index is 1.75. The molecule has 0 amide bonds. The molecule has 0 saturated heterocycles. The van der Waals surface area contributed by atoms with E-state index in [-0.39, 0.29) is 10.9 Å². The van der Waals surface area contributed by atoms with Gasteiger partial charge in [0.25, 0.3) is 0 Å². The molecule has 0 heterocycles. The highest BCUT2D eigenvalue weighted by molar-refractivity contribution is 7.89. The van der Waals surface area contributed by atoms with Crippen molar-refractivity contribution in [1.82, 2.24) is 4.72 Å². The van der Waals surface area contributed by atoms with Crippen LogP contribution in [0.4, 0.5) is 0 Å². The fraction of sp³-hybridized carbons (Fsp3) is 0.250. The molecule has 110 valence electrons. The lowest BCUT2D eigenvalue weighted by Crippen LogP contribution is -2.35. The molecule has 3 N–H and O–H groups in total. The van der Waals surface area contributed by atoms with E-state index in [2.05, 4.69) is 16.9 Å². The van der Waals surface area contributed by atoms with Gasteiger partial charge in [-0.2, -0.15) is 0 Å². The Hall–Kier alpha value is -1.69. The van der Waals surface area contributed by atoms with Crippen molar-refractivity contribution in [3.63, 3.8) is 0 Å². The van der Waals surface area contributed by atoms with E-state index in [4.69, 9.17) is 5.73 Å². The Morgan fingerprint density at radius 3 is 2.10 bits per heavy atom. The van der Waals surface area contributed by atoms with E-state index in [1.165, 1.54) is 11.1 Å². The molecule has 1 aliphatic carbocycles. The fourth-order valence-corrected chi connectivity index (χ4v) is 3.97. The highest BCUT2D eigenvalue weighted by atomic mass is 32.2. The van der Waals surface area contributed by atoms with Crippen molar-refractivity contribution in [2.75, 3.05) is 0 Å². The smallest absolute Gasteiger partial charge is 0.240 e. The van der Waals surface area contributed by atoms with Gasteiger partial charge in [0, 0.05) is 12.6 Å².